The van der Waals surface area contributed by atoms with E-state index in [9.17, 15) is 14.7 Å². The fourth-order valence-electron chi connectivity index (χ4n) is 8.66. The van der Waals surface area contributed by atoms with Gasteiger partial charge in [-0.05, 0) is 86.3 Å². The number of fused-ring (bicyclic) bond motifs is 3. The minimum atomic E-state index is -1.21. The first-order valence-electron chi connectivity index (χ1n) is 15.1. The maximum atomic E-state index is 16.1. The van der Waals surface area contributed by atoms with Crippen molar-refractivity contribution in [3.63, 3.8) is 0 Å². The van der Waals surface area contributed by atoms with Gasteiger partial charge in [0.2, 0.25) is 5.91 Å². The van der Waals surface area contributed by atoms with Crippen LogP contribution >= 0.6 is 23.2 Å². The molecule has 1 aromatic carbocycles. The molecule has 3 fully saturated rings. The molecule has 2 aromatic rings. The molecule has 0 unspecified atom stereocenters. The second-order valence-electron chi connectivity index (χ2n) is 13.9. The third-order valence-corrected chi connectivity index (χ3v) is 11.4. The topological polar surface area (TPSA) is 88.5 Å². The lowest BCUT2D eigenvalue weighted by molar-refractivity contribution is -0.128. The molecule has 6 atom stereocenters. The predicted molar refractivity (Wildman–Crippen MR) is 160 cm³/mol. The molecule has 1 aromatic heterocycles. The molecule has 3 heterocycles. The van der Waals surface area contributed by atoms with Crippen LogP contribution < -0.4 is 5.32 Å². The van der Waals surface area contributed by atoms with E-state index in [0.717, 1.165) is 32.1 Å². The molecule has 2 spiro atoms. The summed E-state index contributed by atoms with van der Waals surface area (Å²) in [4.78, 5) is 33.5. The molecule has 226 valence electrons. The molecule has 0 bridgehead atoms. The van der Waals surface area contributed by atoms with Crippen molar-refractivity contribution in [3.05, 3.63) is 57.5 Å². The van der Waals surface area contributed by atoms with Gasteiger partial charge in [0.05, 0.1) is 29.3 Å². The summed E-state index contributed by atoms with van der Waals surface area (Å²) in [6.07, 6.45) is 4.66. The summed E-state index contributed by atoms with van der Waals surface area (Å²) >= 11 is 12.6. The summed E-state index contributed by atoms with van der Waals surface area (Å²) in [7, 11) is 0. The Morgan fingerprint density at radius 1 is 1.17 bits per heavy atom. The Kier molecular flexibility index (Phi) is 7.73. The number of benzene rings is 1. The summed E-state index contributed by atoms with van der Waals surface area (Å²) in [5.41, 5.74) is -0.691. The molecule has 2 N–H and O–H groups in total. The Morgan fingerprint density at radius 3 is 2.57 bits per heavy atom. The standard InChI is InChI=1S/C33H39Cl2FN2O4/c1-18(39)25-9-7-19(17-42-25)15-24(40)21-16-32(13-11-31(2,3)12-14-32)33(27(21)20-5-4-6-23(34)28(20)36)22-8-10-26(35)37-29(22)38-30(33)41/h4-6,8,10,18-19,21,25,27,39H,7,9,11-17H2,1-3H3,(H,37,38,41)/t18-,19+,21+,25+,27+,33-/m1/s1. The van der Waals surface area contributed by atoms with Crippen LogP contribution in [0.2, 0.25) is 10.2 Å². The van der Waals surface area contributed by atoms with Crippen LogP contribution in [0.5, 0.6) is 0 Å². The highest BCUT2D eigenvalue weighted by molar-refractivity contribution is 6.31. The van der Waals surface area contributed by atoms with Crippen LogP contribution in [0.3, 0.4) is 0 Å². The SMILES string of the molecule is C[C@@H](O)[C@@H]1CC[C@@H](CC(=O)[C@@H]2CC3(CCC(C)(C)CC3)[C@@]3(C(=O)Nc4nc(Cl)ccc43)[C@H]2c2cccc(Cl)c2F)CO1. The van der Waals surface area contributed by atoms with E-state index in [4.69, 9.17) is 27.9 Å². The third-order valence-electron chi connectivity index (χ3n) is 10.9. The van der Waals surface area contributed by atoms with E-state index in [1.807, 2.05) is 6.07 Å². The van der Waals surface area contributed by atoms with Gasteiger partial charge >= 0.3 is 0 Å². The van der Waals surface area contributed by atoms with Gasteiger partial charge in [0.15, 0.2) is 0 Å². The number of aliphatic hydroxyl groups excluding tert-OH is 1. The number of ether oxygens (including phenoxy) is 1. The number of amides is 1. The van der Waals surface area contributed by atoms with E-state index in [0.29, 0.717) is 36.4 Å². The lowest BCUT2D eigenvalue weighted by Gasteiger charge is -2.50. The molecule has 6 rings (SSSR count). The lowest BCUT2D eigenvalue weighted by atomic mass is 9.51. The van der Waals surface area contributed by atoms with Gasteiger partial charge in [0.1, 0.15) is 22.6 Å². The highest BCUT2D eigenvalue weighted by atomic mass is 35.5. The fourth-order valence-corrected chi connectivity index (χ4v) is 8.99. The number of anilines is 1. The van der Waals surface area contributed by atoms with Crippen molar-refractivity contribution in [1.82, 2.24) is 4.98 Å². The van der Waals surface area contributed by atoms with Crippen molar-refractivity contribution in [2.45, 2.75) is 95.7 Å². The van der Waals surface area contributed by atoms with Gasteiger partial charge in [-0.1, -0.05) is 55.2 Å². The maximum absolute atomic E-state index is 16.1. The molecule has 9 heteroatoms. The first kappa shape index (κ1) is 30.0. The van der Waals surface area contributed by atoms with Crippen LogP contribution in [0.15, 0.2) is 30.3 Å². The van der Waals surface area contributed by atoms with Crippen LogP contribution in [0.1, 0.15) is 89.2 Å². The zero-order chi connectivity index (χ0) is 30.0. The zero-order valence-corrected chi connectivity index (χ0v) is 25.9. The second-order valence-corrected chi connectivity index (χ2v) is 14.7. The van der Waals surface area contributed by atoms with Crippen LogP contribution in [-0.2, 0) is 19.7 Å². The highest BCUT2D eigenvalue weighted by Gasteiger charge is 2.72. The van der Waals surface area contributed by atoms with Gasteiger partial charge in [0.25, 0.3) is 0 Å². The molecule has 2 aliphatic carbocycles. The number of nitrogens with zero attached hydrogens (tertiary/aromatic N) is 1. The molecule has 0 radical (unpaired) electrons. The number of aromatic nitrogens is 1. The van der Waals surface area contributed by atoms with E-state index >= 15 is 4.39 Å². The minimum absolute atomic E-state index is 0.000288. The van der Waals surface area contributed by atoms with Crippen molar-refractivity contribution < 1.29 is 23.8 Å². The van der Waals surface area contributed by atoms with Gasteiger partial charge < -0.3 is 15.2 Å². The monoisotopic (exact) mass is 616 g/mol. The van der Waals surface area contributed by atoms with Crippen molar-refractivity contribution >= 4 is 40.7 Å². The number of hydrogen-bond donors (Lipinski definition) is 2. The Labute approximate surface area is 256 Å². The predicted octanol–water partition coefficient (Wildman–Crippen LogP) is 7.24. The average molecular weight is 618 g/mol. The molecule has 4 aliphatic rings. The van der Waals surface area contributed by atoms with Crippen molar-refractivity contribution in [2.24, 2.45) is 22.7 Å². The summed E-state index contributed by atoms with van der Waals surface area (Å²) in [6, 6.07) is 8.41. The Balaban J connectivity index is 1.49. The Hall–Kier alpha value is -2.06. The lowest BCUT2D eigenvalue weighted by Crippen LogP contribution is -2.52. The fraction of sp³-hybridized carbons (Fsp3) is 0.606. The smallest absolute Gasteiger partial charge is 0.237 e. The van der Waals surface area contributed by atoms with E-state index < -0.39 is 34.6 Å². The number of carbonyl (C=O) groups is 2. The summed E-state index contributed by atoms with van der Waals surface area (Å²) in [5.74, 6) is -1.77. The van der Waals surface area contributed by atoms with Crippen molar-refractivity contribution in [3.8, 4) is 0 Å². The number of carbonyl (C=O) groups excluding carboxylic acids is 2. The highest BCUT2D eigenvalue weighted by Crippen LogP contribution is 2.72. The molecule has 6 nitrogen and oxygen atoms in total. The molecule has 42 heavy (non-hydrogen) atoms. The maximum Gasteiger partial charge on any atom is 0.237 e. The number of rotatable bonds is 5. The van der Waals surface area contributed by atoms with Gasteiger partial charge in [-0.3, -0.25) is 9.59 Å². The summed E-state index contributed by atoms with van der Waals surface area (Å²) < 4.78 is 22.0. The third kappa shape index (κ3) is 4.70. The normalized spacial score (nSPS) is 32.1. The number of nitrogens with one attached hydrogen (secondary N) is 1. The van der Waals surface area contributed by atoms with E-state index in [-0.39, 0.29) is 45.7 Å². The first-order valence-corrected chi connectivity index (χ1v) is 15.9. The minimum Gasteiger partial charge on any atom is -0.391 e. The van der Waals surface area contributed by atoms with E-state index in [2.05, 4.69) is 24.1 Å². The van der Waals surface area contributed by atoms with E-state index in [1.54, 1.807) is 25.1 Å². The molecule has 2 saturated carbocycles. The molecular formula is C33H39Cl2FN2O4. The van der Waals surface area contributed by atoms with E-state index in [1.165, 1.54) is 6.07 Å². The summed E-state index contributed by atoms with van der Waals surface area (Å²) in [5, 5.41) is 13.2. The van der Waals surface area contributed by atoms with Gasteiger partial charge in [-0.15, -0.1) is 0 Å². The van der Waals surface area contributed by atoms with Crippen LogP contribution in [0.4, 0.5) is 10.2 Å². The molecule has 2 aliphatic heterocycles. The van der Waals surface area contributed by atoms with Crippen molar-refractivity contribution in [1.29, 1.82) is 0 Å². The molecule has 1 saturated heterocycles. The van der Waals surface area contributed by atoms with Crippen molar-refractivity contribution in [2.75, 3.05) is 11.9 Å². The molecule has 1 amide bonds. The van der Waals surface area contributed by atoms with Gasteiger partial charge in [-0.2, -0.15) is 0 Å². The second kappa shape index (κ2) is 10.8. The first-order chi connectivity index (χ1) is 19.9. The number of aliphatic hydroxyl groups is 1. The Morgan fingerprint density at radius 2 is 1.90 bits per heavy atom. The van der Waals surface area contributed by atoms with Gasteiger partial charge in [-0.25, -0.2) is 9.37 Å². The number of ketones is 1. The largest absolute Gasteiger partial charge is 0.391 e. The Bertz CT molecular complexity index is 1400. The number of halogens is 3. The van der Waals surface area contributed by atoms with Crippen LogP contribution in [0, 0.1) is 28.5 Å². The van der Waals surface area contributed by atoms with Crippen LogP contribution in [0.25, 0.3) is 0 Å². The van der Waals surface area contributed by atoms with Gasteiger partial charge in [0, 0.05) is 23.8 Å². The quantitative estimate of drug-likeness (QED) is 0.346. The number of hydrogen-bond acceptors (Lipinski definition) is 5. The average Bonchev–Trinajstić information content (AvgIpc) is 3.40. The summed E-state index contributed by atoms with van der Waals surface area (Å²) in [6.45, 7) is 6.59. The zero-order valence-electron chi connectivity index (χ0n) is 24.4. The number of pyridine rings is 1. The van der Waals surface area contributed by atoms with Crippen LogP contribution in [-0.4, -0.2) is 40.6 Å². The molecular weight excluding hydrogens is 578 g/mol. The number of Topliss-reactive ketones (excluding diaryl/α,β-unsaturated/α-hetero) is 1.